The second-order valence-electron chi connectivity index (χ2n) is 6.30. The van der Waals surface area contributed by atoms with Crippen LogP contribution >= 0.6 is 0 Å². The summed E-state index contributed by atoms with van der Waals surface area (Å²) in [6.45, 7) is -0.00331. The van der Waals surface area contributed by atoms with Gasteiger partial charge in [0.25, 0.3) is 11.6 Å². The molecule has 0 saturated carbocycles. The van der Waals surface area contributed by atoms with Crippen LogP contribution in [0.1, 0.15) is 10.7 Å². The summed E-state index contributed by atoms with van der Waals surface area (Å²) in [6.07, 6.45) is 0. The zero-order valence-electron chi connectivity index (χ0n) is 16.9. The monoisotopic (exact) mass is 441 g/mol. The topological polar surface area (TPSA) is 159 Å². The Morgan fingerprint density at radius 1 is 1.03 bits per heavy atom. The molecule has 0 radical (unpaired) electrons. The fourth-order valence-electron chi connectivity index (χ4n) is 2.49. The lowest BCUT2D eigenvalue weighted by molar-refractivity contribution is -0.384. The Kier molecular flexibility index (Phi) is 7.30. The first-order chi connectivity index (χ1) is 15.5. The van der Waals surface area contributed by atoms with E-state index in [1.807, 2.05) is 0 Å². The van der Waals surface area contributed by atoms with Gasteiger partial charge in [-0.15, -0.1) is 0 Å². The van der Waals surface area contributed by atoms with Crippen LogP contribution in [-0.4, -0.2) is 53.7 Å². The predicted molar refractivity (Wildman–Crippen MR) is 110 cm³/mol. The summed E-state index contributed by atoms with van der Waals surface area (Å²) in [5.74, 6) is 0.0579. The van der Waals surface area contributed by atoms with Crippen LogP contribution in [0.3, 0.4) is 0 Å². The predicted octanol–water partition coefficient (Wildman–Crippen LogP) is 1.58. The number of amides is 2. The third kappa shape index (κ3) is 6.01. The van der Waals surface area contributed by atoms with E-state index in [-0.39, 0.29) is 37.1 Å². The molecule has 0 atom stereocenters. The molecule has 1 aromatic heterocycles. The Bertz CT molecular complexity index is 1080. The molecule has 0 spiro atoms. The molecule has 12 nitrogen and oxygen atoms in total. The van der Waals surface area contributed by atoms with E-state index in [1.165, 1.54) is 24.3 Å². The van der Waals surface area contributed by atoms with Gasteiger partial charge in [-0.25, -0.2) is 0 Å². The van der Waals surface area contributed by atoms with Gasteiger partial charge < -0.3 is 24.6 Å². The number of hydrogen-bond donors (Lipinski definition) is 2. The lowest BCUT2D eigenvalue weighted by Crippen LogP contribution is -2.36. The van der Waals surface area contributed by atoms with E-state index in [4.69, 9.17) is 14.0 Å². The molecule has 2 N–H and O–H groups in total. The highest BCUT2D eigenvalue weighted by Crippen LogP contribution is 2.19. The van der Waals surface area contributed by atoms with Gasteiger partial charge in [0.05, 0.1) is 12.0 Å². The first-order valence-corrected chi connectivity index (χ1v) is 9.36. The maximum Gasteiger partial charge on any atom is 0.316 e. The van der Waals surface area contributed by atoms with E-state index in [1.54, 1.807) is 31.4 Å². The summed E-state index contributed by atoms with van der Waals surface area (Å²) in [6, 6.07) is 12.3. The zero-order chi connectivity index (χ0) is 22.9. The maximum atomic E-state index is 12.1. The van der Waals surface area contributed by atoms with E-state index >= 15 is 0 Å². The third-order valence-electron chi connectivity index (χ3n) is 4.12. The Morgan fingerprint density at radius 2 is 1.69 bits per heavy atom. The minimum Gasteiger partial charge on any atom is -0.497 e. The number of nitrogens with one attached hydrogen (secondary N) is 2. The molecule has 0 fully saturated rings. The average Bonchev–Trinajstić information content (AvgIpc) is 3.31. The first kappa shape index (κ1) is 22.2. The Balaban J connectivity index is 1.37. The summed E-state index contributed by atoms with van der Waals surface area (Å²) in [5.41, 5.74) is 0.587. The summed E-state index contributed by atoms with van der Waals surface area (Å²) in [4.78, 5) is 38.0. The van der Waals surface area contributed by atoms with Crippen LogP contribution in [0.15, 0.2) is 53.1 Å². The minimum atomic E-state index is -0.575. The fourth-order valence-corrected chi connectivity index (χ4v) is 2.49. The maximum absolute atomic E-state index is 12.1. The number of methoxy groups -OCH3 is 1. The van der Waals surface area contributed by atoms with Crippen molar-refractivity contribution >= 4 is 17.5 Å². The van der Waals surface area contributed by atoms with E-state index in [2.05, 4.69) is 20.8 Å². The molecule has 0 aliphatic heterocycles. The number of nitro benzene ring substituents is 1. The van der Waals surface area contributed by atoms with Crippen LogP contribution < -0.4 is 20.1 Å². The van der Waals surface area contributed by atoms with E-state index in [0.717, 1.165) is 0 Å². The van der Waals surface area contributed by atoms with E-state index in [9.17, 15) is 19.7 Å². The molecule has 3 aromatic rings. The largest absolute Gasteiger partial charge is 0.497 e. The SMILES string of the molecule is COc1ccc(-c2noc(C(=O)NCCNC(=O)COc3ccc([N+](=O)[O-])cc3)n2)cc1. The molecule has 3 rings (SSSR count). The van der Waals surface area contributed by atoms with Crippen LogP contribution in [0.4, 0.5) is 5.69 Å². The molecule has 2 aromatic carbocycles. The molecule has 1 heterocycles. The highest BCUT2D eigenvalue weighted by Gasteiger charge is 2.16. The summed E-state index contributed by atoms with van der Waals surface area (Å²) in [5, 5.41) is 19.5. The van der Waals surface area contributed by atoms with Crippen molar-refractivity contribution in [3.05, 3.63) is 64.5 Å². The number of hydrogen-bond acceptors (Lipinski definition) is 9. The number of nitro groups is 1. The smallest absolute Gasteiger partial charge is 0.316 e. The number of rotatable bonds is 10. The number of benzene rings is 2. The summed E-state index contributed by atoms with van der Waals surface area (Å²) >= 11 is 0. The second kappa shape index (κ2) is 10.5. The quantitative estimate of drug-likeness (QED) is 0.270. The molecule has 0 unspecified atom stereocenters. The normalized spacial score (nSPS) is 10.3. The molecule has 32 heavy (non-hydrogen) atoms. The van der Waals surface area contributed by atoms with Gasteiger partial charge in [-0.1, -0.05) is 5.16 Å². The molecular formula is C20H19N5O7. The van der Waals surface area contributed by atoms with Crippen LogP contribution in [0.5, 0.6) is 11.5 Å². The van der Waals surface area contributed by atoms with Crippen molar-refractivity contribution in [1.29, 1.82) is 0 Å². The standard InChI is InChI=1S/C20H19N5O7/c1-30-15-6-2-13(3-7-15)18-23-20(32-24-18)19(27)22-11-10-21-17(26)12-31-16-8-4-14(5-9-16)25(28)29/h2-9H,10-12H2,1H3,(H,21,26)(H,22,27). The lowest BCUT2D eigenvalue weighted by Gasteiger charge is -2.07. The highest BCUT2D eigenvalue weighted by molar-refractivity contribution is 5.89. The molecule has 0 saturated heterocycles. The van der Waals surface area contributed by atoms with Crippen molar-refractivity contribution in [3.63, 3.8) is 0 Å². The number of aromatic nitrogens is 2. The highest BCUT2D eigenvalue weighted by atomic mass is 16.6. The molecule has 0 aliphatic rings. The van der Waals surface area contributed by atoms with Crippen molar-refractivity contribution in [2.24, 2.45) is 0 Å². The summed E-state index contributed by atoms with van der Waals surface area (Å²) in [7, 11) is 1.56. The second-order valence-corrected chi connectivity index (χ2v) is 6.30. The van der Waals surface area contributed by atoms with Gasteiger partial charge >= 0.3 is 11.8 Å². The van der Waals surface area contributed by atoms with Gasteiger partial charge in [-0.3, -0.25) is 19.7 Å². The van der Waals surface area contributed by atoms with Crippen molar-refractivity contribution in [1.82, 2.24) is 20.8 Å². The van der Waals surface area contributed by atoms with Crippen LogP contribution in [-0.2, 0) is 4.79 Å². The van der Waals surface area contributed by atoms with Crippen molar-refractivity contribution < 1.29 is 28.5 Å². The van der Waals surface area contributed by atoms with Gasteiger partial charge in [0.1, 0.15) is 11.5 Å². The van der Waals surface area contributed by atoms with Gasteiger partial charge in [-0.2, -0.15) is 4.98 Å². The Hall–Kier alpha value is -4.48. The molecule has 166 valence electrons. The number of carbonyl (C=O) groups excluding carboxylic acids is 2. The first-order valence-electron chi connectivity index (χ1n) is 9.36. The van der Waals surface area contributed by atoms with Crippen LogP contribution in [0, 0.1) is 10.1 Å². The number of carbonyl (C=O) groups is 2. The van der Waals surface area contributed by atoms with Crippen molar-refractivity contribution in [3.8, 4) is 22.9 Å². The van der Waals surface area contributed by atoms with Gasteiger partial charge in [0, 0.05) is 30.8 Å². The van der Waals surface area contributed by atoms with Gasteiger partial charge in [0.15, 0.2) is 6.61 Å². The molecule has 12 heteroatoms. The zero-order valence-corrected chi connectivity index (χ0v) is 16.9. The van der Waals surface area contributed by atoms with E-state index < -0.39 is 16.7 Å². The fraction of sp³-hybridized carbons (Fsp3) is 0.200. The van der Waals surface area contributed by atoms with Crippen LogP contribution in [0.2, 0.25) is 0 Å². The van der Waals surface area contributed by atoms with Crippen molar-refractivity contribution in [2.45, 2.75) is 0 Å². The lowest BCUT2D eigenvalue weighted by atomic mass is 10.2. The summed E-state index contributed by atoms with van der Waals surface area (Å²) < 4.78 is 15.3. The molecule has 0 aliphatic carbocycles. The molecule has 0 bridgehead atoms. The van der Waals surface area contributed by atoms with Crippen molar-refractivity contribution in [2.75, 3.05) is 26.8 Å². The molecule has 2 amide bonds. The van der Waals surface area contributed by atoms with Crippen LogP contribution in [0.25, 0.3) is 11.4 Å². The average molecular weight is 441 g/mol. The Morgan fingerprint density at radius 3 is 2.34 bits per heavy atom. The minimum absolute atomic E-state index is 0.0742. The van der Waals surface area contributed by atoms with Gasteiger partial charge in [0.2, 0.25) is 5.82 Å². The number of non-ortho nitro benzene ring substituents is 1. The molecular weight excluding hydrogens is 422 g/mol. The van der Waals surface area contributed by atoms with Gasteiger partial charge in [-0.05, 0) is 36.4 Å². The Labute approximate surface area is 181 Å². The number of nitrogens with zero attached hydrogens (tertiary/aromatic N) is 3. The number of ether oxygens (including phenoxy) is 2. The third-order valence-corrected chi connectivity index (χ3v) is 4.12. The van der Waals surface area contributed by atoms with E-state index in [0.29, 0.717) is 17.1 Å².